The molecule has 0 atom stereocenters. The number of rotatable bonds is 10. The highest BCUT2D eigenvalue weighted by molar-refractivity contribution is 5.69. The van der Waals surface area contributed by atoms with Crippen LogP contribution in [0.3, 0.4) is 0 Å². The van der Waals surface area contributed by atoms with Crippen molar-refractivity contribution in [1.29, 1.82) is 0 Å². The van der Waals surface area contributed by atoms with Crippen LogP contribution in [0, 0.1) is 0 Å². The topological polar surface area (TPSA) is 82.1 Å². The molecule has 0 aliphatic heterocycles. The van der Waals surface area contributed by atoms with Gasteiger partial charge in [-0.1, -0.05) is 6.42 Å². The smallest absolute Gasteiger partial charge is 0.307 e. The second kappa shape index (κ2) is 11.8. The van der Waals surface area contributed by atoms with Gasteiger partial charge < -0.3 is 14.2 Å². The van der Waals surface area contributed by atoms with E-state index in [0.717, 1.165) is 25.7 Å². The van der Waals surface area contributed by atoms with Crippen molar-refractivity contribution in [2.75, 3.05) is 32.8 Å². The van der Waals surface area contributed by atoms with Gasteiger partial charge in [0.2, 0.25) is 0 Å². The van der Waals surface area contributed by atoms with E-state index in [2.05, 4.69) is 0 Å². The maximum absolute atomic E-state index is 12.0. The molecular weight excluding hydrogens is 314 g/mol. The lowest BCUT2D eigenvalue weighted by Gasteiger charge is -2.24. The van der Waals surface area contributed by atoms with Gasteiger partial charge in [-0.15, -0.1) is 0 Å². The van der Waals surface area contributed by atoms with Gasteiger partial charge in [-0.05, 0) is 25.7 Å². The van der Waals surface area contributed by atoms with Crippen LogP contribution in [-0.2, 0) is 28.6 Å². The molecule has 7 nitrogen and oxygen atoms in total. The molecule has 0 bridgehead atoms. The molecule has 24 heavy (non-hydrogen) atoms. The highest BCUT2D eigenvalue weighted by Gasteiger charge is 2.18. The van der Waals surface area contributed by atoms with Gasteiger partial charge >= 0.3 is 17.9 Å². The van der Waals surface area contributed by atoms with Crippen molar-refractivity contribution in [3.05, 3.63) is 0 Å². The lowest BCUT2D eigenvalue weighted by molar-refractivity contribution is -0.151. The van der Waals surface area contributed by atoms with Crippen molar-refractivity contribution < 1.29 is 28.6 Å². The van der Waals surface area contributed by atoms with Gasteiger partial charge in [0.25, 0.3) is 0 Å². The summed E-state index contributed by atoms with van der Waals surface area (Å²) in [4.78, 5) is 35.5. The fourth-order valence-corrected chi connectivity index (χ4v) is 2.65. The third kappa shape index (κ3) is 10.2. The number of ether oxygens (including phenoxy) is 3. The minimum absolute atomic E-state index is 0.0572. The Labute approximate surface area is 143 Å². The molecule has 0 aromatic heterocycles. The van der Waals surface area contributed by atoms with E-state index in [1.807, 2.05) is 4.90 Å². The van der Waals surface area contributed by atoms with Crippen molar-refractivity contribution >= 4 is 17.9 Å². The lowest BCUT2D eigenvalue weighted by atomic mass is 9.98. The first-order valence-electron chi connectivity index (χ1n) is 8.66. The second-order valence-corrected chi connectivity index (χ2v) is 6.02. The molecule has 1 fully saturated rings. The van der Waals surface area contributed by atoms with Crippen LogP contribution < -0.4 is 0 Å². The molecule has 1 rings (SSSR count). The Hall–Kier alpha value is -1.63. The molecule has 0 aromatic carbocycles. The predicted molar refractivity (Wildman–Crippen MR) is 87.3 cm³/mol. The van der Waals surface area contributed by atoms with Crippen LogP contribution in [0.1, 0.15) is 52.4 Å². The molecule has 1 aliphatic rings. The zero-order valence-corrected chi connectivity index (χ0v) is 14.8. The molecule has 7 heteroatoms. The van der Waals surface area contributed by atoms with E-state index in [1.54, 1.807) is 0 Å². The Morgan fingerprint density at radius 2 is 1.42 bits per heavy atom. The molecule has 138 valence electrons. The number of carbonyl (C=O) groups excluding carboxylic acids is 3. The van der Waals surface area contributed by atoms with Gasteiger partial charge in [0.05, 0.1) is 6.42 Å². The van der Waals surface area contributed by atoms with Crippen molar-refractivity contribution in [3.8, 4) is 0 Å². The number of hydrogen-bond acceptors (Lipinski definition) is 7. The van der Waals surface area contributed by atoms with Gasteiger partial charge in [0, 0.05) is 33.5 Å². The van der Waals surface area contributed by atoms with Gasteiger partial charge in [-0.2, -0.15) is 0 Å². The minimum Gasteiger partial charge on any atom is -0.465 e. The Bertz CT molecular complexity index is 386. The summed E-state index contributed by atoms with van der Waals surface area (Å²) in [5.41, 5.74) is 0. The summed E-state index contributed by atoms with van der Waals surface area (Å²) in [5, 5.41) is 0. The quantitative estimate of drug-likeness (QED) is 0.441. The highest BCUT2D eigenvalue weighted by Crippen LogP contribution is 2.20. The molecule has 0 aromatic rings. The van der Waals surface area contributed by atoms with Crippen LogP contribution in [0.15, 0.2) is 0 Å². The molecule has 0 unspecified atom stereocenters. The lowest BCUT2D eigenvalue weighted by Crippen LogP contribution is -2.34. The van der Waals surface area contributed by atoms with E-state index in [1.165, 1.54) is 20.3 Å². The molecular formula is C17H29NO6. The number of nitrogens with zero attached hydrogens (tertiary/aromatic N) is 1. The van der Waals surface area contributed by atoms with Crippen molar-refractivity contribution in [1.82, 2.24) is 4.90 Å². The summed E-state index contributed by atoms with van der Waals surface area (Å²) in [5.74, 6) is -0.884. The molecule has 0 N–H and O–H groups in total. The Morgan fingerprint density at radius 3 is 1.92 bits per heavy atom. The van der Waals surface area contributed by atoms with Gasteiger partial charge in [0.1, 0.15) is 19.3 Å². The molecule has 1 saturated carbocycles. The Morgan fingerprint density at radius 1 is 0.875 bits per heavy atom. The van der Waals surface area contributed by atoms with E-state index in [4.69, 9.17) is 14.2 Å². The first-order chi connectivity index (χ1) is 11.5. The van der Waals surface area contributed by atoms with Crippen molar-refractivity contribution in [2.24, 2.45) is 0 Å². The van der Waals surface area contributed by atoms with Crippen molar-refractivity contribution in [3.63, 3.8) is 0 Å². The summed E-state index contributed by atoms with van der Waals surface area (Å²) in [6.07, 6.45) is 5.69. The van der Waals surface area contributed by atoms with Gasteiger partial charge in [0.15, 0.2) is 0 Å². The van der Waals surface area contributed by atoms with Crippen LogP contribution in [-0.4, -0.2) is 61.8 Å². The molecule has 0 saturated heterocycles. The van der Waals surface area contributed by atoms with Crippen LogP contribution in [0.25, 0.3) is 0 Å². The third-order valence-corrected chi connectivity index (χ3v) is 3.91. The highest BCUT2D eigenvalue weighted by atomic mass is 16.5. The van der Waals surface area contributed by atoms with E-state index < -0.39 is 0 Å². The van der Waals surface area contributed by atoms with Crippen LogP contribution in [0.2, 0.25) is 0 Å². The number of esters is 3. The average Bonchev–Trinajstić information content (AvgIpc) is 2.52. The largest absolute Gasteiger partial charge is 0.465 e. The van der Waals surface area contributed by atoms with Crippen LogP contribution in [0.4, 0.5) is 0 Å². The number of hydrogen-bond donors (Lipinski definition) is 0. The first-order valence-corrected chi connectivity index (χ1v) is 8.66. The average molecular weight is 343 g/mol. The zero-order valence-electron chi connectivity index (χ0n) is 14.8. The van der Waals surface area contributed by atoms with E-state index in [-0.39, 0.29) is 43.6 Å². The SMILES string of the molecule is CC(=O)OCCN(CCOC(C)=O)CCC(=O)OC1CCCCC1. The fourth-order valence-electron chi connectivity index (χ4n) is 2.65. The minimum atomic E-state index is -0.341. The Kier molecular flexibility index (Phi) is 10.1. The molecule has 0 heterocycles. The van der Waals surface area contributed by atoms with Crippen molar-refractivity contribution in [2.45, 2.75) is 58.5 Å². The van der Waals surface area contributed by atoms with Crippen LogP contribution in [0.5, 0.6) is 0 Å². The van der Waals surface area contributed by atoms with Gasteiger partial charge in [-0.25, -0.2) is 0 Å². The first kappa shape index (κ1) is 20.4. The summed E-state index contributed by atoms with van der Waals surface area (Å²) in [7, 11) is 0. The second-order valence-electron chi connectivity index (χ2n) is 6.02. The summed E-state index contributed by atoms with van der Waals surface area (Å²) in [6, 6.07) is 0. The monoisotopic (exact) mass is 343 g/mol. The number of carbonyl (C=O) groups is 3. The predicted octanol–water partition coefficient (Wildman–Crippen LogP) is 1.68. The molecule has 0 radical (unpaired) electrons. The maximum Gasteiger partial charge on any atom is 0.307 e. The van der Waals surface area contributed by atoms with Crippen LogP contribution >= 0.6 is 0 Å². The van der Waals surface area contributed by atoms with E-state index in [0.29, 0.717) is 19.6 Å². The van der Waals surface area contributed by atoms with E-state index >= 15 is 0 Å². The summed E-state index contributed by atoms with van der Waals surface area (Å²) < 4.78 is 15.3. The zero-order chi connectivity index (χ0) is 17.8. The standard InChI is InChI=1S/C17H29NO6/c1-14(19)22-12-10-18(11-13-23-15(2)20)9-8-17(21)24-16-6-4-3-5-7-16/h16H,3-13H2,1-2H3. The van der Waals surface area contributed by atoms with Gasteiger partial charge in [-0.3, -0.25) is 19.3 Å². The molecule has 1 aliphatic carbocycles. The third-order valence-electron chi connectivity index (χ3n) is 3.91. The van der Waals surface area contributed by atoms with E-state index in [9.17, 15) is 14.4 Å². The fraction of sp³-hybridized carbons (Fsp3) is 0.824. The summed E-state index contributed by atoms with van der Waals surface area (Å²) in [6.45, 7) is 4.64. The normalized spacial score (nSPS) is 15.1. The Balaban J connectivity index is 2.30. The summed E-state index contributed by atoms with van der Waals surface area (Å²) >= 11 is 0. The molecule has 0 spiro atoms. The maximum atomic E-state index is 12.0. The molecule has 0 amide bonds.